The van der Waals surface area contributed by atoms with Gasteiger partial charge in [0.1, 0.15) is 5.60 Å². The van der Waals surface area contributed by atoms with Gasteiger partial charge in [-0.15, -0.1) is 0 Å². The third kappa shape index (κ3) is 3.38. The first-order valence-electron chi connectivity index (χ1n) is 6.99. The Balaban J connectivity index is 2.20. The Labute approximate surface area is 119 Å². The third-order valence-corrected chi connectivity index (χ3v) is 3.63. The molecule has 2 unspecified atom stereocenters. The topological polar surface area (TPSA) is 55.8 Å². The van der Waals surface area contributed by atoms with Crippen molar-refractivity contribution in [1.82, 2.24) is 0 Å². The maximum absolute atomic E-state index is 12.3. The number of benzene rings is 1. The zero-order valence-corrected chi connectivity index (χ0v) is 12.3. The first kappa shape index (κ1) is 15.0. The normalized spacial score (nSPS) is 19.5. The monoisotopic (exact) mass is 278 g/mol. The first-order valence-corrected chi connectivity index (χ1v) is 6.99. The van der Waals surface area contributed by atoms with Gasteiger partial charge in [-0.2, -0.15) is 0 Å². The minimum atomic E-state index is -0.539. The number of aryl methyl sites for hydroxylation is 1. The number of fused-ring (bicyclic) bond motifs is 1. The molecule has 1 aromatic rings. The molecule has 0 amide bonds. The van der Waals surface area contributed by atoms with E-state index in [-0.39, 0.29) is 18.5 Å². The molecule has 1 aliphatic rings. The Morgan fingerprint density at radius 3 is 2.75 bits per heavy atom. The molecule has 0 saturated heterocycles. The Morgan fingerprint density at radius 2 is 2.10 bits per heavy atom. The van der Waals surface area contributed by atoms with Crippen molar-refractivity contribution >= 4 is 5.97 Å². The van der Waals surface area contributed by atoms with Gasteiger partial charge in [0, 0.05) is 5.92 Å². The molecule has 0 aromatic heterocycles. The average Bonchev–Trinajstić information content (AvgIpc) is 2.77. The quantitative estimate of drug-likeness (QED) is 0.522. The van der Waals surface area contributed by atoms with E-state index in [0.29, 0.717) is 0 Å². The van der Waals surface area contributed by atoms with Gasteiger partial charge in [-0.25, -0.2) is 4.89 Å². The summed E-state index contributed by atoms with van der Waals surface area (Å²) in [5.41, 5.74) is 1.90. The fraction of sp³-hybridized carbons (Fsp3) is 0.562. The smallest absolute Gasteiger partial charge is 0.312 e. The van der Waals surface area contributed by atoms with Gasteiger partial charge in [-0.1, -0.05) is 24.3 Å². The average molecular weight is 278 g/mol. The minimum Gasteiger partial charge on any atom is -0.460 e. The Morgan fingerprint density at radius 1 is 1.40 bits per heavy atom. The molecule has 0 saturated carbocycles. The van der Waals surface area contributed by atoms with Crippen LogP contribution in [-0.2, 0) is 20.8 Å². The van der Waals surface area contributed by atoms with E-state index in [9.17, 15) is 4.79 Å². The van der Waals surface area contributed by atoms with Gasteiger partial charge < -0.3 is 4.74 Å². The summed E-state index contributed by atoms with van der Waals surface area (Å²) in [7, 11) is 0. The molecule has 0 fully saturated rings. The van der Waals surface area contributed by atoms with E-state index in [1.54, 1.807) is 0 Å². The van der Waals surface area contributed by atoms with Crippen LogP contribution in [0.25, 0.3) is 0 Å². The number of rotatable bonds is 4. The summed E-state index contributed by atoms with van der Waals surface area (Å²) in [6.45, 7) is 5.48. The molecule has 0 spiro atoms. The van der Waals surface area contributed by atoms with Gasteiger partial charge in [0.25, 0.3) is 0 Å². The molecular weight excluding hydrogens is 256 g/mol. The minimum absolute atomic E-state index is 0.0338. The van der Waals surface area contributed by atoms with Gasteiger partial charge in [0.2, 0.25) is 0 Å². The molecule has 0 bridgehead atoms. The zero-order chi connectivity index (χ0) is 14.8. The van der Waals surface area contributed by atoms with Gasteiger partial charge in [-0.05, 0) is 44.7 Å². The van der Waals surface area contributed by atoms with Gasteiger partial charge in [0.05, 0.1) is 12.5 Å². The number of carbonyl (C=O) groups is 1. The van der Waals surface area contributed by atoms with E-state index in [1.807, 2.05) is 39.0 Å². The van der Waals surface area contributed by atoms with Crippen molar-refractivity contribution in [3.8, 4) is 0 Å². The molecule has 20 heavy (non-hydrogen) atoms. The fourth-order valence-corrected chi connectivity index (χ4v) is 2.81. The van der Waals surface area contributed by atoms with Gasteiger partial charge >= 0.3 is 5.97 Å². The van der Waals surface area contributed by atoms with Crippen LogP contribution in [0.2, 0.25) is 0 Å². The fourth-order valence-electron chi connectivity index (χ4n) is 2.81. The van der Waals surface area contributed by atoms with Crippen molar-refractivity contribution in [1.29, 1.82) is 0 Å². The van der Waals surface area contributed by atoms with Crippen LogP contribution in [0.1, 0.15) is 44.2 Å². The van der Waals surface area contributed by atoms with Crippen LogP contribution in [0.4, 0.5) is 0 Å². The predicted molar refractivity (Wildman–Crippen MR) is 75.4 cm³/mol. The molecular formula is C16H22O4. The summed E-state index contributed by atoms with van der Waals surface area (Å²) >= 11 is 0. The lowest BCUT2D eigenvalue weighted by molar-refractivity contribution is -0.254. The van der Waals surface area contributed by atoms with E-state index in [0.717, 1.165) is 12.8 Å². The highest BCUT2D eigenvalue weighted by molar-refractivity contribution is 5.74. The second kappa shape index (κ2) is 5.94. The van der Waals surface area contributed by atoms with Crippen molar-refractivity contribution in [2.24, 2.45) is 5.92 Å². The Bertz CT molecular complexity index is 476. The highest BCUT2D eigenvalue weighted by Crippen LogP contribution is 2.39. The molecule has 110 valence electrons. The maximum Gasteiger partial charge on any atom is 0.312 e. The summed E-state index contributed by atoms with van der Waals surface area (Å²) in [6.07, 6.45) is 1.83. The summed E-state index contributed by atoms with van der Waals surface area (Å²) in [5.74, 6) is -0.732. The van der Waals surface area contributed by atoms with Crippen molar-refractivity contribution in [2.75, 3.05) is 6.61 Å². The van der Waals surface area contributed by atoms with Crippen LogP contribution in [0.5, 0.6) is 0 Å². The summed E-state index contributed by atoms with van der Waals surface area (Å²) in [4.78, 5) is 16.6. The maximum atomic E-state index is 12.3. The molecule has 1 N–H and O–H groups in total. The molecule has 0 radical (unpaired) electrons. The highest BCUT2D eigenvalue weighted by Gasteiger charge is 2.37. The summed E-state index contributed by atoms with van der Waals surface area (Å²) in [6, 6.07) is 8.11. The SMILES string of the molecule is CC(C)(C)OC(=O)C(COO)C1CCc2ccccc21. The summed E-state index contributed by atoms with van der Waals surface area (Å²) < 4.78 is 5.45. The summed E-state index contributed by atoms with van der Waals surface area (Å²) in [5, 5.41) is 8.78. The number of hydrogen-bond acceptors (Lipinski definition) is 4. The van der Waals surface area contributed by atoms with Gasteiger partial charge in [0.15, 0.2) is 0 Å². The number of carbonyl (C=O) groups excluding carboxylic acids is 1. The molecule has 1 aromatic carbocycles. The van der Waals surface area contributed by atoms with E-state index >= 15 is 0 Å². The first-order chi connectivity index (χ1) is 9.42. The van der Waals surface area contributed by atoms with E-state index in [4.69, 9.17) is 9.99 Å². The lowest BCUT2D eigenvalue weighted by Gasteiger charge is -2.26. The molecule has 1 aliphatic carbocycles. The predicted octanol–water partition coefficient (Wildman–Crippen LogP) is 3.16. The van der Waals surface area contributed by atoms with Gasteiger partial charge in [-0.3, -0.25) is 10.1 Å². The van der Waals surface area contributed by atoms with Crippen LogP contribution in [0.15, 0.2) is 24.3 Å². The van der Waals surface area contributed by atoms with Crippen LogP contribution in [0, 0.1) is 5.92 Å². The molecule has 2 atom stereocenters. The lowest BCUT2D eigenvalue weighted by Crippen LogP contribution is -2.33. The van der Waals surface area contributed by atoms with E-state index in [1.165, 1.54) is 11.1 Å². The van der Waals surface area contributed by atoms with Crippen molar-refractivity contribution in [3.63, 3.8) is 0 Å². The van der Waals surface area contributed by atoms with Crippen LogP contribution in [0.3, 0.4) is 0 Å². The molecule has 0 heterocycles. The molecule has 0 aliphatic heterocycles. The van der Waals surface area contributed by atoms with Crippen molar-refractivity contribution in [2.45, 2.75) is 45.1 Å². The van der Waals surface area contributed by atoms with E-state index in [2.05, 4.69) is 11.0 Å². The highest BCUT2D eigenvalue weighted by atomic mass is 17.1. The van der Waals surface area contributed by atoms with E-state index < -0.39 is 11.5 Å². The van der Waals surface area contributed by atoms with Crippen molar-refractivity contribution < 1.29 is 19.7 Å². The van der Waals surface area contributed by atoms with Crippen LogP contribution < -0.4 is 0 Å². The second-order valence-electron chi connectivity index (χ2n) is 6.28. The van der Waals surface area contributed by atoms with Crippen LogP contribution in [-0.4, -0.2) is 23.4 Å². The van der Waals surface area contributed by atoms with Crippen LogP contribution >= 0.6 is 0 Å². The standard InChI is InChI=1S/C16H22O4/c1-16(2,3)20-15(17)14(10-19-18)13-9-8-11-6-4-5-7-12(11)13/h4-7,13-14,18H,8-10H2,1-3H3. The Hall–Kier alpha value is -1.39. The zero-order valence-electron chi connectivity index (χ0n) is 12.3. The van der Waals surface area contributed by atoms with Crippen molar-refractivity contribution in [3.05, 3.63) is 35.4 Å². The Kier molecular flexibility index (Phi) is 4.45. The molecule has 4 heteroatoms. The lowest BCUT2D eigenvalue weighted by atomic mass is 9.87. The number of esters is 1. The largest absolute Gasteiger partial charge is 0.460 e. The third-order valence-electron chi connectivity index (χ3n) is 3.63. The number of ether oxygens (including phenoxy) is 1. The second-order valence-corrected chi connectivity index (χ2v) is 6.28. The molecule has 4 nitrogen and oxygen atoms in total. The number of hydrogen-bond donors (Lipinski definition) is 1. The molecule has 2 rings (SSSR count).